The van der Waals surface area contributed by atoms with Crippen LogP contribution in [0.15, 0.2) is 18.2 Å². The molecule has 0 saturated heterocycles. The molecular formula is C13H21FN2O. The lowest BCUT2D eigenvalue weighted by atomic mass is 10.2. The molecule has 0 radical (unpaired) electrons. The molecule has 4 heteroatoms. The highest BCUT2D eigenvalue weighted by atomic mass is 19.1. The van der Waals surface area contributed by atoms with Gasteiger partial charge in [-0.15, -0.1) is 0 Å². The topological polar surface area (TPSA) is 24.5 Å². The van der Waals surface area contributed by atoms with Gasteiger partial charge in [0, 0.05) is 31.9 Å². The summed E-state index contributed by atoms with van der Waals surface area (Å²) in [7, 11) is 1.95. The molecule has 0 saturated carbocycles. The molecule has 96 valence electrons. The maximum Gasteiger partial charge on any atom is 0.167 e. The summed E-state index contributed by atoms with van der Waals surface area (Å²) in [4.78, 5) is 2.02. The van der Waals surface area contributed by atoms with Crippen LogP contribution in [0, 0.1) is 5.82 Å². The molecule has 3 nitrogen and oxygen atoms in total. The average Bonchev–Trinajstić information content (AvgIpc) is 2.32. The summed E-state index contributed by atoms with van der Waals surface area (Å²) >= 11 is 0. The fourth-order valence-corrected chi connectivity index (χ4v) is 1.55. The fraction of sp³-hybridized carbons (Fsp3) is 0.538. The van der Waals surface area contributed by atoms with Crippen LogP contribution in [0.2, 0.25) is 0 Å². The Labute approximate surface area is 103 Å². The molecule has 0 bridgehead atoms. The molecule has 1 aromatic carbocycles. The van der Waals surface area contributed by atoms with Gasteiger partial charge in [0.1, 0.15) is 0 Å². The zero-order chi connectivity index (χ0) is 12.7. The summed E-state index contributed by atoms with van der Waals surface area (Å²) in [6.07, 6.45) is 0. The standard InChI is InChI=1S/C13H21FN2O/c1-4-15-8-9-16(3)11-6-7-13(17-5-2)12(14)10-11/h6-7,10,15H,4-5,8-9H2,1-3H3. The molecule has 0 spiro atoms. The van der Waals surface area contributed by atoms with E-state index in [2.05, 4.69) is 12.2 Å². The van der Waals surface area contributed by atoms with Crippen molar-refractivity contribution in [2.45, 2.75) is 13.8 Å². The highest BCUT2D eigenvalue weighted by Crippen LogP contribution is 2.22. The molecule has 0 fully saturated rings. The Balaban J connectivity index is 2.62. The second kappa shape index (κ2) is 7.12. The third-order valence-corrected chi connectivity index (χ3v) is 2.53. The third-order valence-electron chi connectivity index (χ3n) is 2.53. The van der Waals surface area contributed by atoms with Crippen LogP contribution in [-0.2, 0) is 0 Å². The molecule has 0 amide bonds. The van der Waals surface area contributed by atoms with Crippen LogP contribution in [0.4, 0.5) is 10.1 Å². The van der Waals surface area contributed by atoms with E-state index in [0.29, 0.717) is 12.4 Å². The van der Waals surface area contributed by atoms with Crippen LogP contribution in [0.3, 0.4) is 0 Å². The van der Waals surface area contributed by atoms with Gasteiger partial charge >= 0.3 is 0 Å². The van der Waals surface area contributed by atoms with Crippen molar-refractivity contribution < 1.29 is 9.13 Å². The molecule has 0 atom stereocenters. The first kappa shape index (κ1) is 13.8. The molecule has 1 rings (SSSR count). The summed E-state index contributed by atoms with van der Waals surface area (Å²) in [5.74, 6) is 0.0102. The maximum atomic E-state index is 13.6. The number of hydrogen-bond donors (Lipinski definition) is 1. The van der Waals surface area contributed by atoms with Crippen molar-refractivity contribution in [2.24, 2.45) is 0 Å². The van der Waals surface area contributed by atoms with Gasteiger partial charge in [0.05, 0.1) is 6.61 Å². The van der Waals surface area contributed by atoms with Gasteiger partial charge in [-0.1, -0.05) is 6.92 Å². The molecule has 17 heavy (non-hydrogen) atoms. The minimum absolute atomic E-state index is 0.306. The van der Waals surface area contributed by atoms with E-state index in [-0.39, 0.29) is 5.82 Å². The van der Waals surface area contributed by atoms with E-state index in [1.165, 1.54) is 6.07 Å². The largest absolute Gasteiger partial charge is 0.491 e. The van der Waals surface area contributed by atoms with E-state index in [0.717, 1.165) is 25.3 Å². The number of ether oxygens (including phenoxy) is 1. The van der Waals surface area contributed by atoms with Crippen LogP contribution in [0.5, 0.6) is 5.75 Å². The van der Waals surface area contributed by atoms with Crippen molar-refractivity contribution in [1.82, 2.24) is 5.32 Å². The summed E-state index contributed by atoms with van der Waals surface area (Å²) in [6, 6.07) is 5.06. The third kappa shape index (κ3) is 4.23. The van der Waals surface area contributed by atoms with Crippen molar-refractivity contribution in [3.8, 4) is 5.75 Å². The van der Waals surface area contributed by atoms with Crippen LogP contribution in [0.1, 0.15) is 13.8 Å². The summed E-state index contributed by atoms with van der Waals surface area (Å²) in [6.45, 7) is 7.08. The maximum absolute atomic E-state index is 13.6. The van der Waals surface area contributed by atoms with E-state index < -0.39 is 0 Å². The van der Waals surface area contributed by atoms with Crippen molar-refractivity contribution >= 4 is 5.69 Å². The van der Waals surface area contributed by atoms with Crippen LogP contribution >= 0.6 is 0 Å². The molecule has 0 aliphatic carbocycles. The van der Waals surface area contributed by atoms with Crippen molar-refractivity contribution in [3.05, 3.63) is 24.0 Å². The summed E-state index contributed by atoms with van der Waals surface area (Å²) in [5.41, 5.74) is 0.865. The lowest BCUT2D eigenvalue weighted by Crippen LogP contribution is -2.28. The fourth-order valence-electron chi connectivity index (χ4n) is 1.55. The van der Waals surface area contributed by atoms with E-state index in [1.54, 1.807) is 6.07 Å². The highest BCUT2D eigenvalue weighted by molar-refractivity contribution is 5.49. The van der Waals surface area contributed by atoms with Gasteiger partial charge in [0.25, 0.3) is 0 Å². The van der Waals surface area contributed by atoms with Crippen LogP contribution < -0.4 is 15.0 Å². The van der Waals surface area contributed by atoms with E-state index in [1.807, 2.05) is 24.9 Å². The van der Waals surface area contributed by atoms with Crippen molar-refractivity contribution in [1.29, 1.82) is 0 Å². The molecule has 0 aromatic heterocycles. The number of nitrogens with zero attached hydrogens (tertiary/aromatic N) is 1. The number of halogens is 1. The quantitative estimate of drug-likeness (QED) is 0.740. The van der Waals surface area contributed by atoms with Gasteiger partial charge in [0.15, 0.2) is 11.6 Å². The summed E-state index contributed by atoms with van der Waals surface area (Å²) < 4.78 is 18.8. The van der Waals surface area contributed by atoms with Gasteiger partial charge in [-0.2, -0.15) is 0 Å². The predicted molar refractivity (Wildman–Crippen MR) is 69.4 cm³/mol. The lowest BCUT2D eigenvalue weighted by Gasteiger charge is -2.20. The van der Waals surface area contributed by atoms with Gasteiger partial charge in [-0.3, -0.25) is 0 Å². The molecule has 0 heterocycles. The molecule has 0 unspecified atom stereocenters. The van der Waals surface area contributed by atoms with E-state index >= 15 is 0 Å². The number of benzene rings is 1. The van der Waals surface area contributed by atoms with Crippen molar-refractivity contribution in [3.63, 3.8) is 0 Å². The molecule has 0 aliphatic rings. The minimum atomic E-state index is -0.306. The Kier molecular flexibility index (Phi) is 5.77. The lowest BCUT2D eigenvalue weighted by molar-refractivity contribution is 0.321. The Morgan fingerprint density at radius 2 is 2.12 bits per heavy atom. The molecule has 1 aromatic rings. The van der Waals surface area contributed by atoms with Gasteiger partial charge in [-0.05, 0) is 25.6 Å². The monoisotopic (exact) mass is 240 g/mol. The second-order valence-corrected chi connectivity index (χ2v) is 3.82. The highest BCUT2D eigenvalue weighted by Gasteiger charge is 2.06. The zero-order valence-electron chi connectivity index (χ0n) is 10.8. The smallest absolute Gasteiger partial charge is 0.167 e. The van der Waals surface area contributed by atoms with Gasteiger partial charge in [0.2, 0.25) is 0 Å². The van der Waals surface area contributed by atoms with Crippen molar-refractivity contribution in [2.75, 3.05) is 38.2 Å². The van der Waals surface area contributed by atoms with E-state index in [9.17, 15) is 4.39 Å². The first-order chi connectivity index (χ1) is 8.19. The van der Waals surface area contributed by atoms with E-state index in [4.69, 9.17) is 4.74 Å². The second-order valence-electron chi connectivity index (χ2n) is 3.82. The first-order valence-corrected chi connectivity index (χ1v) is 6.03. The Hall–Kier alpha value is -1.29. The number of hydrogen-bond acceptors (Lipinski definition) is 3. The Morgan fingerprint density at radius 3 is 2.71 bits per heavy atom. The Bertz CT molecular complexity index is 344. The van der Waals surface area contributed by atoms with Gasteiger partial charge in [-0.25, -0.2) is 4.39 Å². The predicted octanol–water partition coefficient (Wildman–Crippen LogP) is 2.27. The van der Waals surface area contributed by atoms with Crippen LogP contribution in [-0.4, -0.2) is 33.3 Å². The van der Waals surface area contributed by atoms with Gasteiger partial charge < -0.3 is 15.0 Å². The number of anilines is 1. The normalized spacial score (nSPS) is 10.4. The number of rotatable bonds is 7. The zero-order valence-corrected chi connectivity index (χ0v) is 10.8. The average molecular weight is 240 g/mol. The molecule has 1 N–H and O–H groups in total. The summed E-state index contributed by atoms with van der Waals surface area (Å²) in [5, 5.41) is 3.24. The Morgan fingerprint density at radius 1 is 1.35 bits per heavy atom. The van der Waals surface area contributed by atoms with Crippen LogP contribution in [0.25, 0.3) is 0 Å². The molecular weight excluding hydrogens is 219 g/mol. The first-order valence-electron chi connectivity index (χ1n) is 6.03. The minimum Gasteiger partial charge on any atom is -0.491 e. The molecule has 0 aliphatic heterocycles. The number of nitrogens with one attached hydrogen (secondary N) is 1. The SMILES string of the molecule is CCNCCN(C)c1ccc(OCC)c(F)c1. The number of likely N-dealkylation sites (N-methyl/N-ethyl adjacent to an activating group) is 2.